The summed E-state index contributed by atoms with van der Waals surface area (Å²) in [5.74, 6) is 1.18. The number of hydrogen-bond acceptors (Lipinski definition) is 4. The van der Waals surface area contributed by atoms with E-state index in [1.54, 1.807) is 6.33 Å². The molecule has 14 heavy (non-hydrogen) atoms. The highest BCUT2D eigenvalue weighted by Crippen LogP contribution is 2.07. The maximum absolute atomic E-state index is 8.86. The molecule has 1 rings (SSSR count). The number of nitrogens with one attached hydrogen (secondary N) is 1. The minimum absolute atomic E-state index is 0.163. The second-order valence-electron chi connectivity index (χ2n) is 3.72. The van der Waals surface area contributed by atoms with Gasteiger partial charge in [-0.1, -0.05) is 6.92 Å². The Morgan fingerprint density at radius 1 is 1.57 bits per heavy atom. The van der Waals surface area contributed by atoms with Crippen molar-refractivity contribution >= 4 is 0 Å². The monoisotopic (exact) mass is 198 g/mol. The third kappa shape index (κ3) is 2.78. The predicted molar refractivity (Wildman–Crippen MR) is 53.7 cm³/mol. The van der Waals surface area contributed by atoms with Crippen molar-refractivity contribution in [2.75, 3.05) is 13.2 Å². The molecular formula is C9H18N4O. The van der Waals surface area contributed by atoms with Crippen LogP contribution in [0.15, 0.2) is 6.33 Å². The number of nitrogens with zero attached hydrogens (tertiary/aromatic N) is 3. The van der Waals surface area contributed by atoms with Gasteiger partial charge in [0.25, 0.3) is 0 Å². The van der Waals surface area contributed by atoms with Crippen LogP contribution in [0.25, 0.3) is 0 Å². The van der Waals surface area contributed by atoms with Gasteiger partial charge in [0.15, 0.2) is 0 Å². The average molecular weight is 198 g/mol. The molecule has 0 saturated heterocycles. The van der Waals surface area contributed by atoms with E-state index in [-0.39, 0.29) is 18.6 Å². The van der Waals surface area contributed by atoms with Gasteiger partial charge in [-0.25, -0.2) is 0 Å². The van der Waals surface area contributed by atoms with Crippen molar-refractivity contribution in [2.24, 2.45) is 13.0 Å². The topological polar surface area (TPSA) is 63.0 Å². The zero-order valence-electron chi connectivity index (χ0n) is 8.94. The first-order valence-electron chi connectivity index (χ1n) is 4.83. The van der Waals surface area contributed by atoms with Gasteiger partial charge in [-0.15, -0.1) is 10.2 Å². The smallest absolute Gasteiger partial charge is 0.149 e. The minimum atomic E-state index is 0.163. The van der Waals surface area contributed by atoms with E-state index in [2.05, 4.69) is 15.5 Å². The summed E-state index contributed by atoms with van der Waals surface area (Å²) in [6.45, 7) is 5.02. The fraction of sp³-hybridized carbons (Fsp3) is 0.778. The maximum Gasteiger partial charge on any atom is 0.149 e. The first-order chi connectivity index (χ1) is 6.65. The molecule has 0 aliphatic heterocycles. The van der Waals surface area contributed by atoms with Crippen LogP contribution < -0.4 is 5.32 Å². The van der Waals surface area contributed by atoms with Crippen LogP contribution in [0.2, 0.25) is 0 Å². The third-order valence-corrected chi connectivity index (χ3v) is 2.22. The molecule has 2 N–H and O–H groups in total. The molecule has 0 spiro atoms. The summed E-state index contributed by atoms with van der Waals surface area (Å²) in [5, 5.41) is 20.0. The Hall–Kier alpha value is -0.940. The van der Waals surface area contributed by atoms with Crippen LogP contribution in [-0.4, -0.2) is 33.0 Å². The normalized spacial score (nSPS) is 15.4. The largest absolute Gasteiger partial charge is 0.396 e. The lowest BCUT2D eigenvalue weighted by atomic mass is 10.2. The van der Waals surface area contributed by atoms with Crippen molar-refractivity contribution in [3.05, 3.63) is 12.2 Å². The number of aliphatic hydroxyl groups is 1. The summed E-state index contributed by atoms with van der Waals surface area (Å²) in [5.41, 5.74) is 0. The molecule has 2 unspecified atom stereocenters. The first kappa shape index (κ1) is 11.1. The second kappa shape index (κ2) is 5.07. The van der Waals surface area contributed by atoms with Crippen LogP contribution in [0.4, 0.5) is 0 Å². The molecule has 0 aliphatic rings. The van der Waals surface area contributed by atoms with Crippen molar-refractivity contribution in [1.29, 1.82) is 0 Å². The van der Waals surface area contributed by atoms with E-state index >= 15 is 0 Å². The second-order valence-corrected chi connectivity index (χ2v) is 3.72. The van der Waals surface area contributed by atoms with Gasteiger partial charge in [-0.2, -0.15) is 0 Å². The Morgan fingerprint density at radius 2 is 2.29 bits per heavy atom. The summed E-state index contributed by atoms with van der Waals surface area (Å²) < 4.78 is 1.89. The quantitative estimate of drug-likeness (QED) is 0.704. The predicted octanol–water partition coefficient (Wildman–Crippen LogP) is 0.0941. The zero-order chi connectivity index (χ0) is 10.6. The van der Waals surface area contributed by atoms with Crippen molar-refractivity contribution in [3.8, 4) is 0 Å². The Kier molecular flexibility index (Phi) is 4.03. The number of aryl methyl sites for hydroxylation is 1. The molecule has 0 aromatic carbocycles. The first-order valence-corrected chi connectivity index (χ1v) is 4.83. The van der Waals surface area contributed by atoms with Gasteiger partial charge in [0, 0.05) is 20.2 Å². The molecule has 0 saturated carbocycles. The highest BCUT2D eigenvalue weighted by atomic mass is 16.3. The Bertz CT molecular complexity index is 274. The Morgan fingerprint density at radius 3 is 2.79 bits per heavy atom. The van der Waals surface area contributed by atoms with E-state index in [4.69, 9.17) is 5.11 Å². The molecule has 0 amide bonds. The van der Waals surface area contributed by atoms with Gasteiger partial charge in [-0.05, 0) is 12.8 Å². The molecule has 0 radical (unpaired) electrons. The van der Waals surface area contributed by atoms with Crippen molar-refractivity contribution in [2.45, 2.75) is 19.9 Å². The number of rotatable bonds is 5. The van der Waals surface area contributed by atoms with Crippen LogP contribution >= 0.6 is 0 Å². The molecule has 1 heterocycles. The molecule has 1 aromatic heterocycles. The zero-order valence-corrected chi connectivity index (χ0v) is 8.94. The Balaban J connectivity index is 2.43. The molecule has 0 bridgehead atoms. The lowest BCUT2D eigenvalue weighted by Gasteiger charge is -2.15. The summed E-state index contributed by atoms with van der Waals surface area (Å²) in [6.07, 6.45) is 1.68. The third-order valence-electron chi connectivity index (χ3n) is 2.22. The van der Waals surface area contributed by atoms with E-state index in [1.807, 2.05) is 25.5 Å². The van der Waals surface area contributed by atoms with Crippen molar-refractivity contribution in [1.82, 2.24) is 20.1 Å². The fourth-order valence-electron chi connectivity index (χ4n) is 1.22. The minimum Gasteiger partial charge on any atom is -0.396 e. The molecule has 5 heteroatoms. The van der Waals surface area contributed by atoms with Gasteiger partial charge in [0.05, 0.1) is 6.04 Å². The summed E-state index contributed by atoms with van der Waals surface area (Å²) in [7, 11) is 1.92. The lowest BCUT2D eigenvalue weighted by Crippen LogP contribution is -2.27. The SMILES string of the molecule is CC(CO)CNC(C)c1nncn1C. The average Bonchev–Trinajstić information content (AvgIpc) is 2.60. The van der Waals surface area contributed by atoms with E-state index < -0.39 is 0 Å². The van der Waals surface area contributed by atoms with Gasteiger partial charge in [0.1, 0.15) is 12.2 Å². The number of aromatic nitrogens is 3. The van der Waals surface area contributed by atoms with Crippen LogP contribution in [0.3, 0.4) is 0 Å². The fourth-order valence-corrected chi connectivity index (χ4v) is 1.22. The van der Waals surface area contributed by atoms with Crippen molar-refractivity contribution in [3.63, 3.8) is 0 Å². The highest BCUT2D eigenvalue weighted by Gasteiger charge is 2.11. The van der Waals surface area contributed by atoms with Crippen LogP contribution in [-0.2, 0) is 7.05 Å². The van der Waals surface area contributed by atoms with Crippen LogP contribution in [0.5, 0.6) is 0 Å². The summed E-state index contributed by atoms with van der Waals surface area (Å²) in [6, 6.07) is 0.163. The molecule has 5 nitrogen and oxygen atoms in total. The lowest BCUT2D eigenvalue weighted by molar-refractivity contribution is 0.230. The molecular weight excluding hydrogens is 180 g/mol. The van der Waals surface area contributed by atoms with E-state index in [9.17, 15) is 0 Å². The molecule has 0 aliphatic carbocycles. The van der Waals surface area contributed by atoms with Gasteiger partial charge in [0.2, 0.25) is 0 Å². The molecule has 1 aromatic rings. The highest BCUT2D eigenvalue weighted by molar-refractivity contribution is 4.91. The van der Waals surface area contributed by atoms with Gasteiger partial charge < -0.3 is 15.0 Å². The van der Waals surface area contributed by atoms with E-state index in [1.165, 1.54) is 0 Å². The van der Waals surface area contributed by atoms with Gasteiger partial charge >= 0.3 is 0 Å². The molecule has 80 valence electrons. The van der Waals surface area contributed by atoms with E-state index in [0.29, 0.717) is 0 Å². The van der Waals surface area contributed by atoms with Crippen molar-refractivity contribution < 1.29 is 5.11 Å². The standard InChI is InChI=1S/C9H18N4O/c1-7(5-14)4-10-8(2)9-12-11-6-13(9)3/h6-8,10,14H,4-5H2,1-3H3. The number of aliphatic hydroxyl groups excluding tert-OH is 1. The maximum atomic E-state index is 8.86. The Labute approximate surface area is 84.2 Å². The molecule has 2 atom stereocenters. The summed E-state index contributed by atoms with van der Waals surface area (Å²) in [4.78, 5) is 0. The number of hydrogen-bond donors (Lipinski definition) is 2. The summed E-state index contributed by atoms with van der Waals surface area (Å²) >= 11 is 0. The van der Waals surface area contributed by atoms with E-state index in [0.717, 1.165) is 12.4 Å². The van der Waals surface area contributed by atoms with Gasteiger partial charge in [-0.3, -0.25) is 0 Å². The van der Waals surface area contributed by atoms with Crippen LogP contribution in [0.1, 0.15) is 25.7 Å². The van der Waals surface area contributed by atoms with Crippen LogP contribution in [0, 0.1) is 5.92 Å². The molecule has 0 fully saturated rings.